The van der Waals surface area contributed by atoms with Crippen LogP contribution in [0.25, 0.3) is 10.9 Å². The predicted molar refractivity (Wildman–Crippen MR) is 153 cm³/mol. The second-order valence-corrected chi connectivity index (χ2v) is 9.87. The van der Waals surface area contributed by atoms with Gasteiger partial charge in [0.05, 0.1) is 19.7 Å². The number of anilines is 1. The van der Waals surface area contributed by atoms with Crippen LogP contribution in [0.2, 0.25) is 0 Å². The zero-order valence-electron chi connectivity index (χ0n) is 21.9. The summed E-state index contributed by atoms with van der Waals surface area (Å²) in [4.78, 5) is 31.5. The van der Waals surface area contributed by atoms with Crippen molar-refractivity contribution in [2.45, 2.75) is 19.3 Å². The molecule has 1 aromatic heterocycles. The fraction of sp³-hybridized carbons (Fsp3) is 0.233. The number of fused-ring (bicyclic) bond motifs is 1. The average molecular weight is 544 g/mol. The first-order valence-electron chi connectivity index (χ1n) is 12.6. The lowest BCUT2D eigenvalue weighted by atomic mass is 10.1. The van der Waals surface area contributed by atoms with Crippen LogP contribution in [-0.2, 0) is 4.79 Å². The molecule has 39 heavy (non-hydrogen) atoms. The maximum absolute atomic E-state index is 12.9. The van der Waals surface area contributed by atoms with Crippen LogP contribution in [0.15, 0.2) is 79.0 Å². The van der Waals surface area contributed by atoms with Crippen molar-refractivity contribution in [3.63, 3.8) is 0 Å². The number of hydrogen-bond acceptors (Lipinski definition) is 7. The lowest BCUT2D eigenvalue weighted by Gasteiger charge is -2.21. The number of carbonyl (C=O) groups excluding carboxylic acids is 2. The molecule has 2 atom stereocenters. The highest BCUT2D eigenvalue weighted by molar-refractivity contribution is 8.12. The Morgan fingerprint density at radius 1 is 0.974 bits per heavy atom. The number of nitrogens with one attached hydrogen (secondary N) is 1. The topological polar surface area (TPSA) is 90.0 Å². The second-order valence-electron chi connectivity index (χ2n) is 9.06. The van der Waals surface area contributed by atoms with Gasteiger partial charge in [-0.2, -0.15) is 0 Å². The highest BCUT2D eigenvalue weighted by Crippen LogP contribution is 2.49. The molecule has 5 rings (SSSR count). The minimum Gasteiger partial charge on any atom is -0.493 e. The van der Waals surface area contributed by atoms with Gasteiger partial charge in [-0.05, 0) is 61.2 Å². The minimum atomic E-state index is -0.345. The van der Waals surface area contributed by atoms with Gasteiger partial charge in [-0.15, -0.1) is 0 Å². The van der Waals surface area contributed by atoms with Crippen molar-refractivity contribution in [2.24, 2.45) is 5.92 Å². The number of ether oxygens (including phenoxy) is 3. The third-order valence-corrected chi connectivity index (χ3v) is 7.48. The number of amides is 2. The number of aromatic nitrogens is 1. The molecule has 1 aliphatic carbocycles. The second kappa shape index (κ2) is 11.7. The van der Waals surface area contributed by atoms with Gasteiger partial charge in [0.15, 0.2) is 11.5 Å². The molecule has 4 aromatic rings. The van der Waals surface area contributed by atoms with Crippen LogP contribution in [0.5, 0.6) is 23.0 Å². The molecule has 1 fully saturated rings. The Balaban J connectivity index is 1.22. The van der Waals surface area contributed by atoms with Crippen molar-refractivity contribution < 1.29 is 23.8 Å². The smallest absolute Gasteiger partial charge is 0.332 e. The Morgan fingerprint density at radius 2 is 1.69 bits per heavy atom. The molecular weight excluding hydrogens is 514 g/mol. The summed E-state index contributed by atoms with van der Waals surface area (Å²) >= 11 is 0.874. The van der Waals surface area contributed by atoms with E-state index in [9.17, 15) is 9.59 Å². The molecule has 0 spiro atoms. The number of methoxy groups -OCH3 is 2. The summed E-state index contributed by atoms with van der Waals surface area (Å²) in [5, 5.41) is 0.761. The number of hydrogen-bond donors (Lipinski definition) is 1. The fourth-order valence-electron chi connectivity index (χ4n) is 4.55. The first-order valence-corrected chi connectivity index (χ1v) is 13.5. The van der Waals surface area contributed by atoms with Gasteiger partial charge in [-0.25, -0.2) is 4.79 Å². The summed E-state index contributed by atoms with van der Waals surface area (Å²) in [6.07, 6.45) is 2.49. The molecule has 1 saturated carbocycles. The summed E-state index contributed by atoms with van der Waals surface area (Å²) in [5.74, 6) is 2.56. The molecule has 200 valence electrons. The number of rotatable bonds is 8. The van der Waals surface area contributed by atoms with Gasteiger partial charge in [0.1, 0.15) is 11.5 Å². The standard InChI is InChI=1S/C30H29N3O5S/c1-4-33(30(35)32-39-29(34)23-16-22(23)19-8-6-5-7-9-19)20-10-12-21(13-11-20)38-26-14-15-31-25-18-28(37-3)27(36-2)17-24(25)26/h5-15,17-18,22-23H,4,16H2,1-3H3,(H,32,35). The molecular formula is C30H29N3O5S. The Kier molecular flexibility index (Phi) is 7.88. The Bertz CT molecular complexity index is 1480. The van der Waals surface area contributed by atoms with E-state index in [0.29, 0.717) is 40.7 Å². The monoisotopic (exact) mass is 543 g/mol. The SMILES string of the molecule is CCN(C(=O)NSC(=O)C1CC1c1ccccc1)c1ccc(Oc2ccnc3cc(OC)c(OC)cc23)cc1. The summed E-state index contributed by atoms with van der Waals surface area (Å²) in [6.45, 7) is 2.32. The van der Waals surface area contributed by atoms with E-state index >= 15 is 0 Å². The molecule has 1 N–H and O–H groups in total. The third-order valence-electron chi connectivity index (χ3n) is 6.70. The summed E-state index contributed by atoms with van der Waals surface area (Å²) in [7, 11) is 3.16. The van der Waals surface area contributed by atoms with E-state index in [1.807, 2.05) is 55.5 Å². The molecule has 0 saturated heterocycles. The van der Waals surface area contributed by atoms with E-state index in [0.717, 1.165) is 23.8 Å². The lowest BCUT2D eigenvalue weighted by Crippen LogP contribution is -2.37. The van der Waals surface area contributed by atoms with Crippen molar-refractivity contribution in [2.75, 3.05) is 25.7 Å². The molecule has 0 radical (unpaired) electrons. The van der Waals surface area contributed by atoms with E-state index in [1.165, 1.54) is 5.56 Å². The van der Waals surface area contributed by atoms with E-state index < -0.39 is 0 Å². The van der Waals surface area contributed by atoms with Crippen LogP contribution in [0, 0.1) is 5.92 Å². The molecule has 2 amide bonds. The number of carbonyl (C=O) groups is 2. The minimum absolute atomic E-state index is 0.0177. The van der Waals surface area contributed by atoms with Gasteiger partial charge < -0.3 is 14.2 Å². The van der Waals surface area contributed by atoms with Crippen molar-refractivity contribution in [1.29, 1.82) is 0 Å². The van der Waals surface area contributed by atoms with Crippen LogP contribution in [-0.4, -0.2) is 36.9 Å². The Labute approximate surface area is 231 Å². The largest absolute Gasteiger partial charge is 0.493 e. The van der Waals surface area contributed by atoms with Gasteiger partial charge in [-0.1, -0.05) is 30.3 Å². The van der Waals surface area contributed by atoms with E-state index in [4.69, 9.17) is 14.2 Å². The van der Waals surface area contributed by atoms with Crippen LogP contribution < -0.4 is 23.8 Å². The van der Waals surface area contributed by atoms with Crippen LogP contribution in [0.1, 0.15) is 24.8 Å². The van der Waals surface area contributed by atoms with Gasteiger partial charge in [0, 0.05) is 47.7 Å². The van der Waals surface area contributed by atoms with Gasteiger partial charge in [-0.3, -0.25) is 19.4 Å². The quantitative estimate of drug-likeness (QED) is 0.252. The Hall–Kier alpha value is -4.24. The first kappa shape index (κ1) is 26.4. The molecule has 8 nitrogen and oxygen atoms in total. The van der Waals surface area contributed by atoms with Crippen molar-refractivity contribution >= 4 is 39.7 Å². The predicted octanol–water partition coefficient (Wildman–Crippen LogP) is 6.56. The molecule has 3 aromatic carbocycles. The average Bonchev–Trinajstić information content (AvgIpc) is 3.78. The number of urea groups is 1. The normalized spacial score (nSPS) is 15.9. The van der Waals surface area contributed by atoms with E-state index in [-0.39, 0.29) is 23.0 Å². The fourth-order valence-corrected chi connectivity index (χ4v) is 5.26. The third kappa shape index (κ3) is 5.78. The Morgan fingerprint density at radius 3 is 2.38 bits per heavy atom. The molecule has 1 heterocycles. The zero-order chi connectivity index (χ0) is 27.4. The van der Waals surface area contributed by atoms with Crippen molar-refractivity contribution in [3.8, 4) is 23.0 Å². The van der Waals surface area contributed by atoms with Crippen molar-refractivity contribution in [1.82, 2.24) is 9.71 Å². The summed E-state index contributed by atoms with van der Waals surface area (Å²) < 4.78 is 19.7. The molecule has 0 bridgehead atoms. The summed E-state index contributed by atoms with van der Waals surface area (Å²) in [5.41, 5.74) is 2.57. The van der Waals surface area contributed by atoms with E-state index in [2.05, 4.69) is 9.71 Å². The highest BCUT2D eigenvalue weighted by Gasteiger charge is 2.44. The lowest BCUT2D eigenvalue weighted by molar-refractivity contribution is -0.112. The summed E-state index contributed by atoms with van der Waals surface area (Å²) in [6, 6.07) is 22.3. The van der Waals surface area contributed by atoms with Crippen LogP contribution in [0.4, 0.5) is 10.5 Å². The maximum Gasteiger partial charge on any atom is 0.332 e. The molecule has 1 aliphatic rings. The van der Waals surface area contributed by atoms with Gasteiger partial charge in [0.2, 0.25) is 5.12 Å². The zero-order valence-corrected chi connectivity index (χ0v) is 22.7. The molecule has 9 heteroatoms. The van der Waals surface area contributed by atoms with Gasteiger partial charge >= 0.3 is 6.03 Å². The maximum atomic E-state index is 12.9. The molecule has 0 aliphatic heterocycles. The number of benzene rings is 3. The highest BCUT2D eigenvalue weighted by atomic mass is 32.2. The van der Waals surface area contributed by atoms with Crippen LogP contribution >= 0.6 is 11.9 Å². The number of pyridine rings is 1. The van der Waals surface area contributed by atoms with E-state index in [1.54, 1.807) is 49.6 Å². The van der Waals surface area contributed by atoms with Gasteiger partial charge in [0.25, 0.3) is 0 Å². The molecule has 2 unspecified atom stereocenters. The number of nitrogens with zero attached hydrogens (tertiary/aromatic N) is 2. The van der Waals surface area contributed by atoms with Crippen molar-refractivity contribution in [3.05, 3.63) is 84.6 Å². The first-order chi connectivity index (χ1) is 19.0. The van der Waals surface area contributed by atoms with Crippen LogP contribution in [0.3, 0.4) is 0 Å².